The van der Waals surface area contributed by atoms with Crippen molar-refractivity contribution in [2.45, 2.75) is 6.04 Å². The molecule has 0 saturated heterocycles. The van der Waals surface area contributed by atoms with Crippen molar-refractivity contribution in [1.82, 2.24) is 9.88 Å². The summed E-state index contributed by atoms with van der Waals surface area (Å²) in [4.78, 5) is 11.6. The maximum atomic E-state index is 11.6. The van der Waals surface area contributed by atoms with Crippen molar-refractivity contribution in [3.05, 3.63) is 59.9 Å². The van der Waals surface area contributed by atoms with Crippen LogP contribution in [0.3, 0.4) is 0 Å². The van der Waals surface area contributed by atoms with Crippen LogP contribution in [0.4, 0.5) is 0 Å². The summed E-state index contributed by atoms with van der Waals surface area (Å²) in [6, 6.07) is 14.2. The predicted molar refractivity (Wildman–Crippen MR) is 61.3 cm³/mol. The number of amides is 1. The van der Waals surface area contributed by atoms with Gasteiger partial charge in [0.25, 0.3) is 5.91 Å². The molecule has 16 heavy (non-hydrogen) atoms. The van der Waals surface area contributed by atoms with Crippen molar-refractivity contribution in [2.75, 3.05) is 6.54 Å². The van der Waals surface area contributed by atoms with Crippen molar-refractivity contribution < 1.29 is 4.79 Å². The predicted octanol–water partition coefficient (Wildman–Crippen LogP) is 1.82. The van der Waals surface area contributed by atoms with Gasteiger partial charge in [-0.25, -0.2) is 0 Å². The Morgan fingerprint density at radius 2 is 1.94 bits per heavy atom. The number of hydrogen-bond acceptors (Lipinski definition) is 1. The second-order valence-electron chi connectivity index (χ2n) is 3.94. The number of carbonyl (C=O) groups excluding carboxylic acids is 1. The van der Waals surface area contributed by atoms with E-state index in [-0.39, 0.29) is 11.9 Å². The third-order valence-electron chi connectivity index (χ3n) is 2.99. The first kappa shape index (κ1) is 9.21. The molecule has 0 aliphatic carbocycles. The standard InChI is InChI=1S/C13H12N2O/c16-13-11-7-4-8-15(11)12(9-14-13)10-5-2-1-3-6-10/h1-8,12H,9H2,(H,14,16)/t12-/m1/s1. The highest BCUT2D eigenvalue weighted by Crippen LogP contribution is 2.23. The number of aromatic nitrogens is 1. The lowest BCUT2D eigenvalue weighted by Crippen LogP contribution is -2.38. The Morgan fingerprint density at radius 1 is 1.12 bits per heavy atom. The minimum atomic E-state index is 0.0113. The maximum absolute atomic E-state index is 11.6. The van der Waals surface area contributed by atoms with Crippen LogP contribution >= 0.6 is 0 Å². The summed E-state index contributed by atoms with van der Waals surface area (Å²) >= 11 is 0. The topological polar surface area (TPSA) is 34.0 Å². The molecule has 0 radical (unpaired) electrons. The minimum Gasteiger partial charge on any atom is -0.348 e. The van der Waals surface area contributed by atoms with Crippen LogP contribution in [-0.2, 0) is 0 Å². The van der Waals surface area contributed by atoms with E-state index in [4.69, 9.17) is 0 Å². The molecule has 0 spiro atoms. The highest BCUT2D eigenvalue weighted by Gasteiger charge is 2.24. The number of rotatable bonds is 1. The molecule has 0 saturated carbocycles. The summed E-state index contributed by atoms with van der Waals surface area (Å²) in [5.74, 6) is 0.0113. The molecule has 3 rings (SSSR count). The highest BCUT2D eigenvalue weighted by molar-refractivity contribution is 5.93. The molecule has 1 N–H and O–H groups in total. The fourth-order valence-corrected chi connectivity index (χ4v) is 2.19. The Morgan fingerprint density at radius 3 is 2.75 bits per heavy atom. The third-order valence-corrected chi connectivity index (χ3v) is 2.99. The molecule has 0 bridgehead atoms. The Labute approximate surface area is 93.7 Å². The van der Waals surface area contributed by atoms with E-state index in [9.17, 15) is 4.79 Å². The summed E-state index contributed by atoms with van der Waals surface area (Å²) < 4.78 is 2.04. The average molecular weight is 212 g/mol. The first-order valence-electron chi connectivity index (χ1n) is 5.36. The number of nitrogens with zero attached hydrogens (tertiary/aromatic N) is 1. The molecular formula is C13H12N2O. The van der Waals surface area contributed by atoms with Gasteiger partial charge in [0.1, 0.15) is 5.69 Å². The van der Waals surface area contributed by atoms with Gasteiger partial charge in [-0.1, -0.05) is 30.3 Å². The van der Waals surface area contributed by atoms with Gasteiger partial charge in [-0.15, -0.1) is 0 Å². The van der Waals surface area contributed by atoms with E-state index in [1.165, 1.54) is 5.56 Å². The average Bonchev–Trinajstić information content (AvgIpc) is 2.81. The molecule has 80 valence electrons. The van der Waals surface area contributed by atoms with E-state index < -0.39 is 0 Å². The van der Waals surface area contributed by atoms with Crippen LogP contribution in [0.2, 0.25) is 0 Å². The smallest absolute Gasteiger partial charge is 0.268 e. The molecule has 0 unspecified atom stereocenters. The van der Waals surface area contributed by atoms with Gasteiger partial charge in [-0.2, -0.15) is 0 Å². The largest absolute Gasteiger partial charge is 0.348 e. The zero-order chi connectivity index (χ0) is 11.0. The summed E-state index contributed by atoms with van der Waals surface area (Å²) in [7, 11) is 0. The second kappa shape index (κ2) is 3.52. The summed E-state index contributed by atoms with van der Waals surface area (Å²) in [6.45, 7) is 0.657. The van der Waals surface area contributed by atoms with E-state index >= 15 is 0 Å². The molecule has 1 atom stereocenters. The fourth-order valence-electron chi connectivity index (χ4n) is 2.19. The van der Waals surface area contributed by atoms with Gasteiger partial charge in [0.2, 0.25) is 0 Å². The van der Waals surface area contributed by atoms with Crippen LogP contribution in [0.5, 0.6) is 0 Å². The molecule has 3 nitrogen and oxygen atoms in total. The van der Waals surface area contributed by atoms with Gasteiger partial charge < -0.3 is 9.88 Å². The Balaban J connectivity index is 2.07. The Bertz CT molecular complexity index is 516. The minimum absolute atomic E-state index is 0.0113. The van der Waals surface area contributed by atoms with Crippen molar-refractivity contribution in [3.8, 4) is 0 Å². The fraction of sp³-hybridized carbons (Fsp3) is 0.154. The lowest BCUT2D eigenvalue weighted by Gasteiger charge is -2.26. The van der Waals surface area contributed by atoms with Gasteiger partial charge in [0, 0.05) is 12.7 Å². The molecule has 2 aromatic rings. The van der Waals surface area contributed by atoms with Gasteiger partial charge in [-0.05, 0) is 17.7 Å². The highest BCUT2D eigenvalue weighted by atomic mass is 16.2. The number of fused-ring (bicyclic) bond motifs is 1. The lowest BCUT2D eigenvalue weighted by atomic mass is 10.0. The Kier molecular flexibility index (Phi) is 2.03. The van der Waals surface area contributed by atoms with Crippen LogP contribution in [0.25, 0.3) is 0 Å². The molecule has 1 aliphatic rings. The summed E-state index contributed by atoms with van der Waals surface area (Å²) in [5.41, 5.74) is 1.96. The van der Waals surface area contributed by atoms with Crippen molar-refractivity contribution in [1.29, 1.82) is 0 Å². The Hall–Kier alpha value is -2.03. The molecular weight excluding hydrogens is 200 g/mol. The molecule has 2 heterocycles. The van der Waals surface area contributed by atoms with Crippen molar-refractivity contribution in [2.24, 2.45) is 0 Å². The van der Waals surface area contributed by atoms with Gasteiger partial charge >= 0.3 is 0 Å². The molecule has 1 aromatic heterocycles. The number of carbonyl (C=O) groups is 1. The number of hydrogen-bond donors (Lipinski definition) is 1. The number of benzene rings is 1. The molecule has 1 aliphatic heterocycles. The molecule has 1 amide bonds. The van der Waals surface area contributed by atoms with Gasteiger partial charge in [0.15, 0.2) is 0 Å². The van der Waals surface area contributed by atoms with Gasteiger partial charge in [-0.3, -0.25) is 4.79 Å². The number of nitrogens with one attached hydrogen (secondary N) is 1. The quantitative estimate of drug-likeness (QED) is 0.768. The molecule has 1 aromatic carbocycles. The maximum Gasteiger partial charge on any atom is 0.268 e. The van der Waals surface area contributed by atoms with Crippen LogP contribution in [0, 0.1) is 0 Å². The van der Waals surface area contributed by atoms with Crippen LogP contribution in [0.15, 0.2) is 48.7 Å². The zero-order valence-corrected chi connectivity index (χ0v) is 8.76. The normalized spacial score (nSPS) is 19.0. The monoisotopic (exact) mass is 212 g/mol. The first-order valence-corrected chi connectivity index (χ1v) is 5.36. The van der Waals surface area contributed by atoms with E-state index in [2.05, 4.69) is 17.4 Å². The van der Waals surface area contributed by atoms with Gasteiger partial charge in [0.05, 0.1) is 6.04 Å². The molecule has 3 heteroatoms. The third kappa shape index (κ3) is 1.33. The summed E-state index contributed by atoms with van der Waals surface area (Å²) in [6.07, 6.45) is 1.96. The van der Waals surface area contributed by atoms with Crippen LogP contribution in [0.1, 0.15) is 22.1 Å². The van der Waals surface area contributed by atoms with Crippen LogP contribution < -0.4 is 5.32 Å². The van der Waals surface area contributed by atoms with E-state index in [1.54, 1.807) is 0 Å². The van der Waals surface area contributed by atoms with E-state index in [1.807, 2.05) is 41.1 Å². The van der Waals surface area contributed by atoms with E-state index in [0.29, 0.717) is 6.54 Å². The zero-order valence-electron chi connectivity index (χ0n) is 8.76. The van der Waals surface area contributed by atoms with Crippen molar-refractivity contribution >= 4 is 5.91 Å². The SMILES string of the molecule is O=C1NC[C@H](c2ccccc2)n2cccc21. The summed E-state index contributed by atoms with van der Waals surface area (Å²) in [5, 5.41) is 2.91. The first-order chi connectivity index (χ1) is 7.86. The van der Waals surface area contributed by atoms with Crippen LogP contribution in [-0.4, -0.2) is 17.0 Å². The van der Waals surface area contributed by atoms with Crippen molar-refractivity contribution in [3.63, 3.8) is 0 Å². The second-order valence-corrected chi connectivity index (χ2v) is 3.94. The van der Waals surface area contributed by atoms with E-state index in [0.717, 1.165) is 5.69 Å². The molecule has 0 fully saturated rings. The lowest BCUT2D eigenvalue weighted by molar-refractivity contribution is 0.0921.